The van der Waals surface area contributed by atoms with E-state index >= 15 is 0 Å². The van der Waals surface area contributed by atoms with Crippen LogP contribution in [0, 0.1) is 6.92 Å². The van der Waals surface area contributed by atoms with Gasteiger partial charge >= 0.3 is 0 Å². The van der Waals surface area contributed by atoms with E-state index in [0.717, 1.165) is 75.4 Å². The number of carbonyl (C=O) groups excluding carboxylic acids is 2. The van der Waals surface area contributed by atoms with Crippen LogP contribution >= 0.6 is 0 Å². The molecule has 1 amide bonds. The number of Topliss-reactive ketones (excluding diaryl/α,β-unsaturated/α-hetero) is 1. The van der Waals surface area contributed by atoms with E-state index in [0.29, 0.717) is 12.1 Å². The Labute approximate surface area is 148 Å². The lowest BCUT2D eigenvalue weighted by Gasteiger charge is -2.51. The maximum Gasteiger partial charge on any atom is 0.270 e. The molecule has 25 heavy (non-hydrogen) atoms. The molecule has 6 heteroatoms. The van der Waals surface area contributed by atoms with Gasteiger partial charge in [-0.2, -0.15) is 0 Å². The van der Waals surface area contributed by atoms with Gasteiger partial charge in [-0.05, 0) is 45.2 Å². The summed E-state index contributed by atoms with van der Waals surface area (Å²) in [5.74, 6) is 0.215. The number of aromatic nitrogens is 1. The van der Waals surface area contributed by atoms with Crippen LogP contribution in [-0.4, -0.2) is 71.9 Å². The second-order valence-electron chi connectivity index (χ2n) is 7.74. The predicted molar refractivity (Wildman–Crippen MR) is 94.1 cm³/mol. The molecule has 6 nitrogen and oxygen atoms in total. The highest BCUT2D eigenvalue weighted by atomic mass is 16.5. The molecule has 0 atom stereocenters. The summed E-state index contributed by atoms with van der Waals surface area (Å²) in [5, 5.41) is 0. The first-order valence-electron chi connectivity index (χ1n) is 9.35. The Hall–Kier alpha value is -1.66. The molecule has 3 heterocycles. The minimum absolute atomic E-state index is 0.0299. The van der Waals surface area contributed by atoms with E-state index in [2.05, 4.69) is 16.9 Å². The van der Waals surface area contributed by atoms with Crippen molar-refractivity contribution in [2.75, 3.05) is 39.9 Å². The highest BCUT2D eigenvalue weighted by Crippen LogP contribution is 2.32. The van der Waals surface area contributed by atoms with Gasteiger partial charge in [-0.15, -0.1) is 0 Å². The number of aromatic amines is 1. The van der Waals surface area contributed by atoms with Crippen molar-refractivity contribution >= 4 is 11.7 Å². The fourth-order valence-electron chi connectivity index (χ4n) is 4.67. The topological polar surface area (TPSA) is 65.6 Å². The quantitative estimate of drug-likeness (QED) is 0.843. The van der Waals surface area contributed by atoms with Crippen molar-refractivity contribution in [3.8, 4) is 0 Å². The molecular weight excluding hydrogens is 318 g/mol. The number of ketones is 1. The number of hydrogen-bond acceptors (Lipinski definition) is 4. The average Bonchev–Trinajstić information content (AvgIpc) is 2.96. The number of hydrogen-bond donors (Lipinski definition) is 1. The molecule has 136 valence electrons. The molecule has 0 radical (unpaired) electrons. The molecule has 1 aromatic rings. The molecule has 1 N–H and O–H groups in total. The van der Waals surface area contributed by atoms with Crippen LogP contribution in [0.25, 0.3) is 0 Å². The Bertz CT molecular complexity index is 703. The largest absolute Gasteiger partial charge is 0.381 e. The molecule has 1 aromatic heterocycles. The zero-order chi connectivity index (χ0) is 17.6. The summed E-state index contributed by atoms with van der Waals surface area (Å²) < 4.78 is 5.54. The normalized spacial score (nSPS) is 23.8. The van der Waals surface area contributed by atoms with Crippen molar-refractivity contribution in [3.63, 3.8) is 0 Å². The zero-order valence-electron chi connectivity index (χ0n) is 15.2. The molecule has 0 bridgehead atoms. The number of H-pyrrole nitrogens is 1. The fourth-order valence-corrected chi connectivity index (χ4v) is 4.67. The fraction of sp³-hybridized carbons (Fsp3) is 0.684. The van der Waals surface area contributed by atoms with Gasteiger partial charge in [0.15, 0.2) is 5.78 Å². The number of piperazine rings is 1. The van der Waals surface area contributed by atoms with Crippen LogP contribution in [0.5, 0.6) is 0 Å². The van der Waals surface area contributed by atoms with Crippen LogP contribution in [0.3, 0.4) is 0 Å². The third-order valence-electron chi connectivity index (χ3n) is 6.36. The number of rotatable bonds is 1. The van der Waals surface area contributed by atoms with E-state index in [-0.39, 0.29) is 17.2 Å². The minimum Gasteiger partial charge on any atom is -0.381 e. The van der Waals surface area contributed by atoms with E-state index in [1.807, 2.05) is 11.8 Å². The van der Waals surface area contributed by atoms with Gasteiger partial charge in [-0.25, -0.2) is 0 Å². The Morgan fingerprint density at radius 1 is 1.20 bits per heavy atom. The number of amides is 1. The van der Waals surface area contributed by atoms with Gasteiger partial charge in [-0.3, -0.25) is 14.5 Å². The van der Waals surface area contributed by atoms with Crippen LogP contribution in [0.2, 0.25) is 0 Å². The van der Waals surface area contributed by atoms with E-state index in [1.54, 1.807) is 0 Å². The summed E-state index contributed by atoms with van der Waals surface area (Å²) in [5.41, 5.74) is 3.20. The van der Waals surface area contributed by atoms with E-state index < -0.39 is 0 Å². The lowest BCUT2D eigenvalue weighted by atomic mass is 9.85. The number of fused-ring (bicyclic) bond motifs is 1. The molecular formula is C19H27N3O3. The Balaban J connectivity index is 1.60. The lowest BCUT2D eigenvalue weighted by molar-refractivity contribution is -0.0544. The number of nitrogens with one attached hydrogen (secondary N) is 1. The third-order valence-corrected chi connectivity index (χ3v) is 6.36. The van der Waals surface area contributed by atoms with Crippen LogP contribution in [0.15, 0.2) is 0 Å². The van der Waals surface area contributed by atoms with Crippen molar-refractivity contribution in [2.24, 2.45) is 0 Å². The van der Waals surface area contributed by atoms with Crippen molar-refractivity contribution in [3.05, 3.63) is 22.5 Å². The van der Waals surface area contributed by atoms with Gasteiger partial charge in [0.1, 0.15) is 5.69 Å². The second kappa shape index (κ2) is 6.25. The summed E-state index contributed by atoms with van der Waals surface area (Å²) in [4.78, 5) is 33.1. The summed E-state index contributed by atoms with van der Waals surface area (Å²) in [6, 6.07) is 0. The molecule has 2 aliphatic heterocycles. The van der Waals surface area contributed by atoms with Crippen LogP contribution in [0.1, 0.15) is 57.8 Å². The van der Waals surface area contributed by atoms with Gasteiger partial charge in [-0.1, -0.05) is 0 Å². The smallest absolute Gasteiger partial charge is 0.270 e. The Kier molecular flexibility index (Phi) is 4.20. The summed E-state index contributed by atoms with van der Waals surface area (Å²) >= 11 is 0. The SMILES string of the molecule is Cc1c(C(=O)N2CCN(C)C3(CCOCC3)C2)[nH]c2c1C(=O)CCC2. The summed E-state index contributed by atoms with van der Waals surface area (Å²) in [6.07, 6.45) is 4.26. The van der Waals surface area contributed by atoms with Crippen molar-refractivity contribution < 1.29 is 14.3 Å². The van der Waals surface area contributed by atoms with Crippen molar-refractivity contribution in [1.29, 1.82) is 0 Å². The van der Waals surface area contributed by atoms with E-state index in [4.69, 9.17) is 4.74 Å². The maximum absolute atomic E-state index is 13.2. The van der Waals surface area contributed by atoms with Crippen LogP contribution < -0.4 is 0 Å². The molecule has 2 saturated heterocycles. The van der Waals surface area contributed by atoms with Gasteiger partial charge in [0.05, 0.1) is 0 Å². The molecule has 2 fully saturated rings. The standard InChI is InChI=1S/C19H27N3O3/c1-13-16-14(4-3-5-15(16)23)20-17(13)18(24)22-9-8-21(2)19(12-22)6-10-25-11-7-19/h20H,3-12H2,1-2H3. The monoisotopic (exact) mass is 345 g/mol. The van der Waals surface area contributed by atoms with Gasteiger partial charge in [0.25, 0.3) is 5.91 Å². The number of aryl methyl sites for hydroxylation is 1. The predicted octanol–water partition coefficient (Wildman–Crippen LogP) is 1.78. The van der Waals surface area contributed by atoms with Crippen LogP contribution in [-0.2, 0) is 11.2 Å². The summed E-state index contributed by atoms with van der Waals surface area (Å²) in [6.45, 7) is 5.78. The zero-order valence-corrected chi connectivity index (χ0v) is 15.2. The Morgan fingerprint density at radius 3 is 2.68 bits per heavy atom. The number of nitrogens with zero attached hydrogens (tertiary/aromatic N) is 2. The third kappa shape index (κ3) is 2.72. The van der Waals surface area contributed by atoms with Crippen molar-refractivity contribution in [1.82, 2.24) is 14.8 Å². The number of carbonyl (C=O) groups is 2. The number of likely N-dealkylation sites (N-methyl/N-ethyl adjacent to an activating group) is 1. The van der Waals surface area contributed by atoms with Gasteiger partial charge in [0, 0.05) is 56.1 Å². The molecule has 1 spiro atoms. The average molecular weight is 345 g/mol. The molecule has 3 aliphatic rings. The Morgan fingerprint density at radius 2 is 1.96 bits per heavy atom. The first kappa shape index (κ1) is 16.8. The van der Waals surface area contributed by atoms with Gasteiger partial charge < -0.3 is 14.6 Å². The van der Waals surface area contributed by atoms with Gasteiger partial charge in [0.2, 0.25) is 0 Å². The highest BCUT2D eigenvalue weighted by Gasteiger charge is 2.43. The molecule has 1 aliphatic carbocycles. The van der Waals surface area contributed by atoms with Crippen molar-refractivity contribution in [2.45, 2.75) is 44.6 Å². The van der Waals surface area contributed by atoms with E-state index in [1.165, 1.54) is 0 Å². The second-order valence-corrected chi connectivity index (χ2v) is 7.74. The summed E-state index contributed by atoms with van der Waals surface area (Å²) in [7, 11) is 2.16. The molecule has 0 aromatic carbocycles. The van der Waals surface area contributed by atoms with E-state index in [9.17, 15) is 9.59 Å². The maximum atomic E-state index is 13.2. The lowest BCUT2D eigenvalue weighted by Crippen LogP contribution is -2.63. The highest BCUT2D eigenvalue weighted by molar-refractivity contribution is 6.04. The molecule has 4 rings (SSSR count). The molecule has 0 unspecified atom stereocenters. The first-order chi connectivity index (χ1) is 12.0. The molecule has 0 saturated carbocycles. The minimum atomic E-state index is 0.0299. The number of ether oxygens (including phenoxy) is 1. The van der Waals surface area contributed by atoms with Crippen LogP contribution in [0.4, 0.5) is 0 Å². The first-order valence-corrected chi connectivity index (χ1v) is 9.35.